The lowest BCUT2D eigenvalue weighted by Gasteiger charge is -2.28. The maximum Gasteiger partial charge on any atom is 0.306 e. The molecule has 244 valence electrons. The summed E-state index contributed by atoms with van der Waals surface area (Å²) in [5.41, 5.74) is 0. The zero-order valence-corrected chi connectivity index (χ0v) is 28.1. The summed E-state index contributed by atoms with van der Waals surface area (Å²) in [5.74, 6) is -0.368. The topological polar surface area (TPSA) is 94.1 Å². The Hall–Kier alpha value is -1.54. The lowest BCUT2D eigenvalue weighted by atomic mass is 10.1. The van der Waals surface area contributed by atoms with Crippen LogP contribution in [0.25, 0.3) is 0 Å². The average molecular weight is 614 g/mol. The molecule has 8 nitrogen and oxygen atoms in total. The highest BCUT2D eigenvalue weighted by Crippen LogP contribution is 2.38. The molecule has 9 heteroatoms. The number of likely N-dealkylation sites (N-methyl/N-ethyl adjacent to an activating group) is 1. The Morgan fingerprint density at radius 3 is 2.00 bits per heavy atom. The zero-order valence-electron chi connectivity index (χ0n) is 27.2. The van der Waals surface area contributed by atoms with E-state index in [1.807, 2.05) is 21.1 Å². The molecule has 0 saturated heterocycles. The fraction of sp³-hybridized carbons (Fsp3) is 0.727. The average Bonchev–Trinajstić information content (AvgIpc) is 2.92. The number of hydrogen-bond donors (Lipinski definition) is 0. The van der Waals surface area contributed by atoms with E-state index in [1.54, 1.807) is 0 Å². The predicted octanol–water partition coefficient (Wildman–Crippen LogP) is 7.46. The van der Waals surface area contributed by atoms with Crippen molar-refractivity contribution >= 4 is 13.8 Å². The van der Waals surface area contributed by atoms with Gasteiger partial charge in [0.25, 0.3) is 7.82 Å². The monoisotopic (exact) mass is 613 g/mol. The summed E-state index contributed by atoms with van der Waals surface area (Å²) in [6.45, 7) is 5.04. The van der Waals surface area contributed by atoms with Crippen molar-refractivity contribution in [2.24, 2.45) is 0 Å². The molecule has 0 aromatic rings. The van der Waals surface area contributed by atoms with E-state index in [-0.39, 0.29) is 25.8 Å². The van der Waals surface area contributed by atoms with E-state index in [1.165, 1.54) is 0 Å². The van der Waals surface area contributed by atoms with Gasteiger partial charge in [0, 0.05) is 13.0 Å². The number of rotatable bonds is 28. The summed E-state index contributed by atoms with van der Waals surface area (Å²) in [6, 6.07) is 0. The summed E-state index contributed by atoms with van der Waals surface area (Å²) in [4.78, 5) is 24.5. The number of ether oxygens (including phenoxy) is 2. The number of carbonyl (C=O) groups excluding carboxylic acids is 1. The first-order valence-electron chi connectivity index (χ1n) is 15.9. The Morgan fingerprint density at radius 2 is 1.38 bits per heavy atom. The van der Waals surface area contributed by atoms with Crippen molar-refractivity contribution in [3.63, 3.8) is 0 Å². The number of allylic oxidation sites excluding steroid dienone is 8. The minimum atomic E-state index is -4.51. The van der Waals surface area contributed by atoms with Gasteiger partial charge in [-0.25, -0.2) is 0 Å². The van der Waals surface area contributed by atoms with Crippen LogP contribution in [0.5, 0.6) is 0 Å². The second kappa shape index (κ2) is 27.0. The molecular weight excluding hydrogens is 553 g/mol. The van der Waals surface area contributed by atoms with Gasteiger partial charge in [-0.05, 0) is 51.4 Å². The maximum atomic E-state index is 12.3. The summed E-state index contributed by atoms with van der Waals surface area (Å²) < 4.78 is 33.9. The zero-order chi connectivity index (χ0) is 31.4. The number of phosphoric ester groups is 1. The molecule has 0 fully saturated rings. The van der Waals surface area contributed by atoms with E-state index in [4.69, 9.17) is 18.5 Å². The van der Waals surface area contributed by atoms with Crippen LogP contribution in [0, 0.1) is 0 Å². The molecule has 0 amide bonds. The molecule has 0 aromatic heterocycles. The second-order valence-corrected chi connectivity index (χ2v) is 12.8. The SMILES string of the molecule is CC/C=C\C/C=C\C/C=C\C/C=C\CCCCCOCC(COP(=O)([O-])OCC[N+](C)(C)C)OC(=O)CCCCCC. The Morgan fingerprint density at radius 1 is 0.762 bits per heavy atom. The van der Waals surface area contributed by atoms with Crippen LogP contribution in [0.4, 0.5) is 0 Å². The first-order valence-corrected chi connectivity index (χ1v) is 17.3. The highest BCUT2D eigenvalue weighted by molar-refractivity contribution is 7.45. The molecule has 0 radical (unpaired) electrons. The molecule has 0 heterocycles. The Labute approximate surface area is 257 Å². The molecule has 42 heavy (non-hydrogen) atoms. The number of quaternary nitrogens is 1. The first-order chi connectivity index (χ1) is 20.1. The lowest BCUT2D eigenvalue weighted by Crippen LogP contribution is -2.37. The summed E-state index contributed by atoms with van der Waals surface area (Å²) in [6.07, 6.45) is 28.9. The first kappa shape index (κ1) is 40.5. The van der Waals surface area contributed by atoms with Crippen LogP contribution >= 0.6 is 7.82 Å². The molecule has 0 saturated carbocycles. The minimum absolute atomic E-state index is 0.0174. The van der Waals surface area contributed by atoms with Gasteiger partial charge in [-0.1, -0.05) is 88.1 Å². The van der Waals surface area contributed by atoms with Gasteiger partial charge in [-0.3, -0.25) is 9.36 Å². The molecule has 0 aliphatic rings. The van der Waals surface area contributed by atoms with Crippen molar-refractivity contribution in [2.45, 2.75) is 103 Å². The van der Waals surface area contributed by atoms with Gasteiger partial charge in [0.05, 0.1) is 34.4 Å². The standard InChI is InChI=1S/C33H60NO7P/c1-6-8-10-12-13-14-15-16-17-18-19-20-21-22-23-25-28-38-30-32(41-33(35)26-24-11-9-7-2)31-40-42(36,37)39-29-27-34(3,4)5/h8,10,13-14,16-17,19-20,32H,6-7,9,11-12,15,18,21-31H2,1-5H3/b10-8-,14-13-,17-16-,20-19-. The Bertz CT molecular complexity index is 818. The van der Waals surface area contributed by atoms with Gasteiger partial charge in [-0.15, -0.1) is 0 Å². The molecule has 0 aromatic carbocycles. The fourth-order valence-electron chi connectivity index (χ4n) is 3.65. The van der Waals surface area contributed by atoms with Gasteiger partial charge in [0.15, 0.2) is 0 Å². The van der Waals surface area contributed by atoms with Crippen LogP contribution < -0.4 is 4.89 Å². The summed E-state index contributed by atoms with van der Waals surface area (Å²) in [5, 5.41) is 0. The van der Waals surface area contributed by atoms with Gasteiger partial charge >= 0.3 is 5.97 Å². The van der Waals surface area contributed by atoms with Crippen LogP contribution in [-0.2, 0) is 27.9 Å². The molecule has 0 aliphatic carbocycles. The number of nitrogens with zero attached hydrogens (tertiary/aromatic N) is 1. The van der Waals surface area contributed by atoms with Gasteiger partial charge in [0.1, 0.15) is 19.3 Å². The highest BCUT2D eigenvalue weighted by Gasteiger charge is 2.20. The summed E-state index contributed by atoms with van der Waals surface area (Å²) >= 11 is 0. The van der Waals surface area contributed by atoms with Crippen LogP contribution in [0.15, 0.2) is 48.6 Å². The molecule has 0 rings (SSSR count). The van der Waals surface area contributed by atoms with Gasteiger partial charge in [0.2, 0.25) is 0 Å². The quantitative estimate of drug-likeness (QED) is 0.0297. The van der Waals surface area contributed by atoms with Crippen molar-refractivity contribution in [1.82, 2.24) is 0 Å². The smallest absolute Gasteiger partial charge is 0.306 e. The molecule has 2 unspecified atom stereocenters. The van der Waals surface area contributed by atoms with Gasteiger partial charge in [-0.2, -0.15) is 0 Å². The van der Waals surface area contributed by atoms with Crippen LogP contribution in [0.1, 0.15) is 97.3 Å². The van der Waals surface area contributed by atoms with Crippen molar-refractivity contribution in [3.05, 3.63) is 48.6 Å². The fourth-order valence-corrected chi connectivity index (χ4v) is 4.38. The maximum absolute atomic E-state index is 12.3. The van der Waals surface area contributed by atoms with E-state index < -0.39 is 13.9 Å². The Kier molecular flexibility index (Phi) is 26.0. The van der Waals surface area contributed by atoms with Crippen LogP contribution in [0.3, 0.4) is 0 Å². The molecule has 0 spiro atoms. The minimum Gasteiger partial charge on any atom is -0.756 e. The number of phosphoric acid groups is 1. The second-order valence-electron chi connectivity index (χ2n) is 11.4. The molecule has 2 atom stereocenters. The van der Waals surface area contributed by atoms with E-state index in [0.717, 1.165) is 77.0 Å². The third kappa shape index (κ3) is 29.9. The molecule has 0 N–H and O–H groups in total. The van der Waals surface area contributed by atoms with E-state index >= 15 is 0 Å². The number of carbonyl (C=O) groups is 1. The van der Waals surface area contributed by atoms with Crippen molar-refractivity contribution in [2.75, 3.05) is 54.1 Å². The van der Waals surface area contributed by atoms with Crippen molar-refractivity contribution in [3.8, 4) is 0 Å². The van der Waals surface area contributed by atoms with Crippen molar-refractivity contribution < 1.29 is 37.3 Å². The van der Waals surface area contributed by atoms with Crippen LogP contribution in [0.2, 0.25) is 0 Å². The predicted molar refractivity (Wildman–Crippen MR) is 171 cm³/mol. The molecule has 0 aliphatic heterocycles. The largest absolute Gasteiger partial charge is 0.756 e. The highest BCUT2D eigenvalue weighted by atomic mass is 31.2. The number of esters is 1. The van der Waals surface area contributed by atoms with E-state index in [9.17, 15) is 14.3 Å². The number of unbranched alkanes of at least 4 members (excludes halogenated alkanes) is 6. The van der Waals surface area contributed by atoms with E-state index in [2.05, 4.69) is 62.5 Å². The third-order valence-electron chi connectivity index (χ3n) is 6.14. The lowest BCUT2D eigenvalue weighted by molar-refractivity contribution is -0.870. The molecule has 0 bridgehead atoms. The number of hydrogen-bond acceptors (Lipinski definition) is 7. The van der Waals surface area contributed by atoms with Crippen LogP contribution in [-0.4, -0.2) is 70.7 Å². The third-order valence-corrected chi connectivity index (χ3v) is 7.11. The van der Waals surface area contributed by atoms with Gasteiger partial charge < -0.3 is 27.9 Å². The normalized spacial score (nSPS) is 14.9. The van der Waals surface area contributed by atoms with Crippen molar-refractivity contribution in [1.29, 1.82) is 0 Å². The van der Waals surface area contributed by atoms with E-state index in [0.29, 0.717) is 24.1 Å². The molecular formula is C33H60NO7P. The summed E-state index contributed by atoms with van der Waals surface area (Å²) in [7, 11) is 1.32. The Balaban J connectivity index is 4.27.